The third kappa shape index (κ3) is 4.92. The predicted molar refractivity (Wildman–Crippen MR) is 102 cm³/mol. The fraction of sp³-hybridized carbons (Fsp3) is 0.263. The molecule has 0 radical (unpaired) electrons. The number of hydrogen-bond donors (Lipinski definition) is 1. The number of benzene rings is 2. The molecule has 150 valence electrons. The zero-order valence-corrected chi connectivity index (χ0v) is 16.5. The second kappa shape index (κ2) is 9.41. The third-order valence-corrected chi connectivity index (χ3v) is 4.59. The van der Waals surface area contributed by atoms with E-state index in [2.05, 4.69) is 10.1 Å². The number of carbonyl (C=O) groups is 2. The van der Waals surface area contributed by atoms with E-state index >= 15 is 0 Å². The van der Waals surface area contributed by atoms with Gasteiger partial charge in [0, 0.05) is 22.6 Å². The first-order valence-electron chi connectivity index (χ1n) is 8.01. The van der Waals surface area contributed by atoms with E-state index in [9.17, 15) is 18.4 Å². The maximum Gasteiger partial charge on any atom is 0.387 e. The lowest BCUT2D eigenvalue weighted by molar-refractivity contribution is -0.0511. The Morgan fingerprint density at radius 3 is 2.36 bits per heavy atom. The van der Waals surface area contributed by atoms with Gasteiger partial charge < -0.3 is 19.5 Å². The minimum absolute atomic E-state index is 0.0396. The molecule has 2 aromatic carbocycles. The smallest absolute Gasteiger partial charge is 0.387 e. The number of esters is 1. The molecule has 0 saturated heterocycles. The Morgan fingerprint density at radius 1 is 1.07 bits per heavy atom. The lowest BCUT2D eigenvalue weighted by atomic mass is 10.1. The number of rotatable bonds is 7. The second-order valence-corrected chi connectivity index (χ2v) is 6.43. The average Bonchev–Trinajstić information content (AvgIpc) is 2.67. The van der Waals surface area contributed by atoms with E-state index in [1.54, 1.807) is 19.1 Å². The van der Waals surface area contributed by atoms with Gasteiger partial charge in [0.15, 0.2) is 11.5 Å². The van der Waals surface area contributed by atoms with Gasteiger partial charge in [-0.15, -0.1) is 11.8 Å². The highest BCUT2D eigenvalue weighted by atomic mass is 32.2. The highest BCUT2D eigenvalue weighted by Gasteiger charge is 2.22. The Bertz CT molecular complexity index is 889. The number of hydrogen-bond acceptors (Lipinski definition) is 6. The van der Waals surface area contributed by atoms with Crippen LogP contribution in [0.25, 0.3) is 0 Å². The van der Waals surface area contributed by atoms with Gasteiger partial charge in [0.2, 0.25) is 0 Å². The summed E-state index contributed by atoms with van der Waals surface area (Å²) in [6, 6.07) is 7.64. The van der Waals surface area contributed by atoms with Crippen molar-refractivity contribution in [3.05, 3.63) is 47.0 Å². The molecule has 0 aliphatic heterocycles. The first kappa shape index (κ1) is 21.5. The fourth-order valence-corrected chi connectivity index (χ4v) is 2.89. The zero-order chi connectivity index (χ0) is 20.8. The molecule has 1 N–H and O–H groups in total. The van der Waals surface area contributed by atoms with Gasteiger partial charge in [0.25, 0.3) is 5.91 Å². The van der Waals surface area contributed by atoms with Gasteiger partial charge in [0.1, 0.15) is 0 Å². The van der Waals surface area contributed by atoms with Crippen LogP contribution in [0.4, 0.5) is 14.5 Å². The van der Waals surface area contributed by atoms with Crippen LogP contribution in [0.3, 0.4) is 0 Å². The SMILES string of the molecule is COC(=O)c1cc(OC)c(OC(F)F)cc1NC(=O)c1cc(SC)ccc1C. The predicted octanol–water partition coefficient (Wildman–Crippen LogP) is 4.37. The van der Waals surface area contributed by atoms with E-state index in [0.29, 0.717) is 11.1 Å². The number of halogens is 2. The molecule has 28 heavy (non-hydrogen) atoms. The first-order valence-corrected chi connectivity index (χ1v) is 9.24. The van der Waals surface area contributed by atoms with Crippen LogP contribution in [-0.2, 0) is 4.74 Å². The van der Waals surface area contributed by atoms with Crippen molar-refractivity contribution in [2.45, 2.75) is 18.4 Å². The molecule has 0 spiro atoms. The summed E-state index contributed by atoms with van der Waals surface area (Å²) in [7, 11) is 2.40. The van der Waals surface area contributed by atoms with Crippen LogP contribution in [0.2, 0.25) is 0 Å². The molecule has 0 bridgehead atoms. The number of methoxy groups -OCH3 is 2. The van der Waals surface area contributed by atoms with Crippen molar-refractivity contribution < 1.29 is 32.6 Å². The minimum Gasteiger partial charge on any atom is -0.493 e. The Hall–Kier alpha value is -2.81. The van der Waals surface area contributed by atoms with Crippen LogP contribution in [0.1, 0.15) is 26.3 Å². The van der Waals surface area contributed by atoms with Crippen LogP contribution < -0.4 is 14.8 Å². The molecule has 1 amide bonds. The largest absolute Gasteiger partial charge is 0.493 e. The molecule has 0 aliphatic rings. The van der Waals surface area contributed by atoms with Gasteiger partial charge in [-0.25, -0.2) is 4.79 Å². The van der Waals surface area contributed by atoms with Crippen molar-refractivity contribution in [3.8, 4) is 11.5 Å². The van der Waals surface area contributed by atoms with Crippen molar-refractivity contribution >= 4 is 29.3 Å². The normalized spacial score (nSPS) is 10.5. The molecule has 9 heteroatoms. The maximum atomic E-state index is 12.8. The van der Waals surface area contributed by atoms with E-state index in [4.69, 9.17) is 9.47 Å². The van der Waals surface area contributed by atoms with Crippen LogP contribution in [0.15, 0.2) is 35.2 Å². The summed E-state index contributed by atoms with van der Waals surface area (Å²) in [4.78, 5) is 25.7. The summed E-state index contributed by atoms with van der Waals surface area (Å²) in [5.41, 5.74) is 0.998. The van der Waals surface area contributed by atoms with E-state index in [1.165, 1.54) is 24.9 Å². The topological polar surface area (TPSA) is 73.9 Å². The van der Waals surface area contributed by atoms with E-state index in [1.807, 2.05) is 12.3 Å². The molecule has 0 saturated carbocycles. The maximum absolute atomic E-state index is 12.8. The molecule has 0 heterocycles. The van der Waals surface area contributed by atoms with Gasteiger partial charge >= 0.3 is 12.6 Å². The number of ether oxygens (including phenoxy) is 3. The molecular weight excluding hydrogens is 392 g/mol. The quantitative estimate of drug-likeness (QED) is 0.539. The zero-order valence-electron chi connectivity index (χ0n) is 15.7. The summed E-state index contributed by atoms with van der Waals surface area (Å²) in [5.74, 6) is -1.70. The second-order valence-electron chi connectivity index (χ2n) is 5.55. The lowest BCUT2D eigenvalue weighted by Gasteiger charge is -2.16. The highest BCUT2D eigenvalue weighted by Crippen LogP contribution is 2.35. The Morgan fingerprint density at radius 2 is 1.79 bits per heavy atom. The molecule has 6 nitrogen and oxygen atoms in total. The van der Waals surface area contributed by atoms with Gasteiger partial charge in [0.05, 0.1) is 25.5 Å². The Labute approximate surface area is 165 Å². The third-order valence-electron chi connectivity index (χ3n) is 3.86. The molecule has 0 atom stereocenters. The Balaban J connectivity index is 2.50. The average molecular weight is 411 g/mol. The van der Waals surface area contributed by atoms with Gasteiger partial charge in [-0.1, -0.05) is 6.07 Å². The summed E-state index contributed by atoms with van der Waals surface area (Å²) >= 11 is 1.47. The molecule has 2 aromatic rings. The van der Waals surface area contributed by atoms with Crippen molar-refractivity contribution in [2.24, 2.45) is 0 Å². The van der Waals surface area contributed by atoms with Crippen molar-refractivity contribution in [3.63, 3.8) is 0 Å². The number of aryl methyl sites for hydroxylation is 1. The molecule has 0 aliphatic carbocycles. The summed E-state index contributed by atoms with van der Waals surface area (Å²) in [6.07, 6.45) is 1.87. The van der Waals surface area contributed by atoms with Gasteiger partial charge in [-0.2, -0.15) is 8.78 Å². The highest BCUT2D eigenvalue weighted by molar-refractivity contribution is 7.98. The monoisotopic (exact) mass is 411 g/mol. The van der Waals surface area contributed by atoms with E-state index in [-0.39, 0.29) is 22.7 Å². The first-order chi connectivity index (χ1) is 13.3. The number of alkyl halides is 2. The van der Waals surface area contributed by atoms with E-state index in [0.717, 1.165) is 18.1 Å². The van der Waals surface area contributed by atoms with Crippen molar-refractivity contribution in [1.82, 2.24) is 0 Å². The van der Waals surface area contributed by atoms with E-state index < -0.39 is 18.5 Å². The summed E-state index contributed by atoms with van der Waals surface area (Å²) in [6.45, 7) is -1.35. The number of nitrogens with one attached hydrogen (secondary N) is 1. The number of anilines is 1. The summed E-state index contributed by atoms with van der Waals surface area (Å²) in [5, 5.41) is 2.57. The fourth-order valence-electron chi connectivity index (χ4n) is 2.45. The van der Waals surface area contributed by atoms with Gasteiger partial charge in [-0.3, -0.25) is 4.79 Å². The molecule has 2 rings (SSSR count). The van der Waals surface area contributed by atoms with Crippen molar-refractivity contribution in [1.29, 1.82) is 0 Å². The van der Waals surface area contributed by atoms with Crippen LogP contribution in [0.5, 0.6) is 11.5 Å². The van der Waals surface area contributed by atoms with Crippen molar-refractivity contribution in [2.75, 3.05) is 25.8 Å². The number of amides is 1. The Kier molecular flexibility index (Phi) is 7.22. The van der Waals surface area contributed by atoms with Gasteiger partial charge in [-0.05, 0) is 30.9 Å². The molecule has 0 unspecified atom stereocenters. The van der Waals surface area contributed by atoms with Crippen LogP contribution in [-0.4, -0.2) is 39.0 Å². The molecule has 0 fully saturated rings. The summed E-state index contributed by atoms with van der Waals surface area (Å²) < 4.78 is 39.5. The number of carbonyl (C=O) groups excluding carboxylic acids is 2. The van der Waals surface area contributed by atoms with Crippen LogP contribution >= 0.6 is 11.8 Å². The molecule has 0 aromatic heterocycles. The lowest BCUT2D eigenvalue weighted by Crippen LogP contribution is -2.17. The minimum atomic E-state index is -3.11. The van der Waals surface area contributed by atoms with Crippen LogP contribution in [0, 0.1) is 6.92 Å². The number of thioether (sulfide) groups is 1. The molecular formula is C19H19F2NO5S. The standard InChI is InChI=1S/C19H19F2NO5S/c1-10-5-6-11(28-4)7-12(10)17(23)22-14-9-16(27-19(20)21)15(25-2)8-13(14)18(24)26-3/h5-9,19H,1-4H3,(H,22,23).